The van der Waals surface area contributed by atoms with Gasteiger partial charge in [0.2, 0.25) is 0 Å². The van der Waals surface area contributed by atoms with E-state index in [0.717, 1.165) is 31.6 Å². The molecule has 3 rings (SSSR count). The molecule has 0 atom stereocenters. The first-order valence-corrected chi connectivity index (χ1v) is 8.20. The van der Waals surface area contributed by atoms with Crippen molar-refractivity contribution in [3.05, 3.63) is 60.4 Å². The molecule has 2 amide bonds. The molecule has 1 N–H and O–H groups in total. The van der Waals surface area contributed by atoms with E-state index in [1.807, 2.05) is 35.2 Å². The summed E-state index contributed by atoms with van der Waals surface area (Å²) in [5.41, 5.74) is 0.810. The number of anilines is 1. The number of amides is 2. The zero-order valence-electron chi connectivity index (χ0n) is 13.5. The minimum absolute atomic E-state index is 0.0564. The number of ether oxygens (including phenoxy) is 1. The van der Waals surface area contributed by atoms with E-state index in [4.69, 9.17) is 4.74 Å². The highest BCUT2D eigenvalue weighted by atomic mass is 19.1. The SMILES string of the molecule is O=C(Nc1ccccc1)N1CCC(COc2ccc(F)cc2)CC1. The standard InChI is InChI=1S/C19H21FN2O2/c20-16-6-8-18(9-7-16)24-14-15-10-12-22(13-11-15)19(23)21-17-4-2-1-3-5-17/h1-9,15H,10-14H2,(H,21,23). The number of para-hydroxylation sites is 1. The molecule has 1 aliphatic heterocycles. The van der Waals surface area contributed by atoms with Crippen molar-refractivity contribution in [2.24, 2.45) is 5.92 Å². The quantitative estimate of drug-likeness (QED) is 0.916. The molecule has 1 saturated heterocycles. The monoisotopic (exact) mass is 328 g/mol. The van der Waals surface area contributed by atoms with Gasteiger partial charge in [0.1, 0.15) is 11.6 Å². The third kappa shape index (κ3) is 4.47. The maximum atomic E-state index is 12.9. The first kappa shape index (κ1) is 16.3. The number of carbonyl (C=O) groups is 1. The number of urea groups is 1. The van der Waals surface area contributed by atoms with Crippen LogP contribution < -0.4 is 10.1 Å². The minimum Gasteiger partial charge on any atom is -0.493 e. The molecule has 0 aliphatic carbocycles. The van der Waals surface area contributed by atoms with Gasteiger partial charge in [-0.1, -0.05) is 18.2 Å². The van der Waals surface area contributed by atoms with Gasteiger partial charge >= 0.3 is 6.03 Å². The fourth-order valence-electron chi connectivity index (χ4n) is 2.77. The Morgan fingerprint density at radius 1 is 1.08 bits per heavy atom. The average Bonchev–Trinajstić information content (AvgIpc) is 2.62. The van der Waals surface area contributed by atoms with Crippen LogP contribution in [0.1, 0.15) is 12.8 Å². The molecule has 5 heteroatoms. The Morgan fingerprint density at radius 3 is 2.42 bits per heavy atom. The summed E-state index contributed by atoms with van der Waals surface area (Å²) in [5.74, 6) is 0.830. The summed E-state index contributed by atoms with van der Waals surface area (Å²) in [7, 11) is 0. The van der Waals surface area contributed by atoms with Crippen molar-refractivity contribution in [3.8, 4) is 5.75 Å². The number of rotatable bonds is 4. The molecular weight excluding hydrogens is 307 g/mol. The van der Waals surface area contributed by atoms with E-state index in [0.29, 0.717) is 18.3 Å². The van der Waals surface area contributed by atoms with Crippen LogP contribution in [0.3, 0.4) is 0 Å². The van der Waals surface area contributed by atoms with E-state index in [1.165, 1.54) is 12.1 Å². The van der Waals surface area contributed by atoms with Crippen LogP contribution in [-0.4, -0.2) is 30.6 Å². The van der Waals surface area contributed by atoms with Crippen LogP contribution in [0, 0.1) is 11.7 Å². The highest BCUT2D eigenvalue weighted by Gasteiger charge is 2.23. The van der Waals surface area contributed by atoms with Crippen molar-refractivity contribution in [3.63, 3.8) is 0 Å². The van der Waals surface area contributed by atoms with Crippen LogP contribution in [0.2, 0.25) is 0 Å². The number of piperidine rings is 1. The number of hydrogen-bond acceptors (Lipinski definition) is 2. The average molecular weight is 328 g/mol. The van der Waals surface area contributed by atoms with Gasteiger partial charge in [-0.25, -0.2) is 9.18 Å². The molecule has 0 saturated carbocycles. The summed E-state index contributed by atoms with van der Waals surface area (Å²) in [6.07, 6.45) is 1.81. The zero-order valence-corrected chi connectivity index (χ0v) is 13.5. The Bertz CT molecular complexity index is 653. The van der Waals surface area contributed by atoms with Crippen LogP contribution in [0.25, 0.3) is 0 Å². The third-order valence-corrected chi connectivity index (χ3v) is 4.23. The largest absolute Gasteiger partial charge is 0.493 e. The molecule has 0 radical (unpaired) electrons. The Morgan fingerprint density at radius 2 is 1.75 bits per heavy atom. The molecule has 1 heterocycles. The van der Waals surface area contributed by atoms with E-state index in [-0.39, 0.29) is 11.8 Å². The molecule has 126 valence electrons. The summed E-state index contributed by atoms with van der Waals surface area (Å²) in [6.45, 7) is 2.03. The molecule has 0 bridgehead atoms. The number of nitrogens with one attached hydrogen (secondary N) is 1. The minimum atomic E-state index is -0.264. The van der Waals surface area contributed by atoms with Gasteiger partial charge in [0.25, 0.3) is 0 Å². The van der Waals surface area contributed by atoms with Gasteiger partial charge in [0.15, 0.2) is 0 Å². The van der Waals surface area contributed by atoms with Crippen molar-refractivity contribution >= 4 is 11.7 Å². The Balaban J connectivity index is 1.42. The number of nitrogens with zero attached hydrogens (tertiary/aromatic N) is 1. The van der Waals surface area contributed by atoms with E-state index in [1.54, 1.807) is 12.1 Å². The third-order valence-electron chi connectivity index (χ3n) is 4.23. The first-order chi connectivity index (χ1) is 11.7. The lowest BCUT2D eigenvalue weighted by molar-refractivity contribution is 0.152. The second-order valence-electron chi connectivity index (χ2n) is 5.99. The molecule has 2 aromatic rings. The summed E-state index contributed by atoms with van der Waals surface area (Å²) < 4.78 is 18.6. The second kappa shape index (κ2) is 7.81. The second-order valence-corrected chi connectivity index (χ2v) is 5.99. The zero-order chi connectivity index (χ0) is 16.8. The van der Waals surface area contributed by atoms with E-state index < -0.39 is 0 Å². The van der Waals surface area contributed by atoms with Crippen molar-refractivity contribution in [1.29, 1.82) is 0 Å². The maximum Gasteiger partial charge on any atom is 0.321 e. The maximum absolute atomic E-state index is 12.9. The van der Waals surface area contributed by atoms with E-state index in [9.17, 15) is 9.18 Å². The summed E-state index contributed by atoms with van der Waals surface area (Å²) in [5, 5.41) is 2.91. The molecule has 4 nitrogen and oxygen atoms in total. The topological polar surface area (TPSA) is 41.6 Å². The van der Waals surface area contributed by atoms with Crippen LogP contribution in [0.4, 0.5) is 14.9 Å². The number of hydrogen-bond donors (Lipinski definition) is 1. The number of likely N-dealkylation sites (tertiary alicyclic amines) is 1. The lowest BCUT2D eigenvalue weighted by atomic mass is 9.98. The predicted octanol–water partition coefficient (Wildman–Crippen LogP) is 4.15. The number of benzene rings is 2. The van der Waals surface area contributed by atoms with Gasteiger partial charge in [-0.2, -0.15) is 0 Å². The van der Waals surface area contributed by atoms with Crippen LogP contribution in [0.5, 0.6) is 5.75 Å². The Labute approximate surface area is 141 Å². The van der Waals surface area contributed by atoms with Crippen molar-refractivity contribution < 1.29 is 13.9 Å². The number of halogens is 1. The molecule has 24 heavy (non-hydrogen) atoms. The lowest BCUT2D eigenvalue weighted by Gasteiger charge is -2.31. The van der Waals surface area contributed by atoms with Gasteiger partial charge in [-0.05, 0) is 55.2 Å². The summed E-state index contributed by atoms with van der Waals surface area (Å²) in [4.78, 5) is 14.1. The van der Waals surface area contributed by atoms with Gasteiger partial charge in [-0.3, -0.25) is 0 Å². The fraction of sp³-hybridized carbons (Fsp3) is 0.316. The van der Waals surface area contributed by atoms with Crippen LogP contribution >= 0.6 is 0 Å². The highest BCUT2D eigenvalue weighted by molar-refractivity contribution is 5.89. The summed E-state index contributed by atoms with van der Waals surface area (Å²) in [6, 6.07) is 15.5. The number of carbonyl (C=O) groups excluding carboxylic acids is 1. The molecule has 0 unspecified atom stereocenters. The Kier molecular flexibility index (Phi) is 5.31. The van der Waals surface area contributed by atoms with E-state index in [2.05, 4.69) is 5.32 Å². The van der Waals surface area contributed by atoms with Gasteiger partial charge in [0, 0.05) is 18.8 Å². The van der Waals surface area contributed by atoms with Gasteiger partial charge in [-0.15, -0.1) is 0 Å². The molecule has 2 aromatic carbocycles. The van der Waals surface area contributed by atoms with Crippen molar-refractivity contribution in [2.75, 3.05) is 25.0 Å². The van der Waals surface area contributed by atoms with Gasteiger partial charge < -0.3 is 15.0 Å². The summed E-state index contributed by atoms with van der Waals surface area (Å²) >= 11 is 0. The highest BCUT2D eigenvalue weighted by Crippen LogP contribution is 2.20. The van der Waals surface area contributed by atoms with Crippen LogP contribution in [-0.2, 0) is 0 Å². The van der Waals surface area contributed by atoms with Crippen molar-refractivity contribution in [1.82, 2.24) is 4.90 Å². The van der Waals surface area contributed by atoms with Crippen LogP contribution in [0.15, 0.2) is 54.6 Å². The first-order valence-electron chi connectivity index (χ1n) is 8.20. The molecule has 0 aromatic heterocycles. The predicted molar refractivity (Wildman–Crippen MR) is 91.7 cm³/mol. The lowest BCUT2D eigenvalue weighted by Crippen LogP contribution is -2.42. The molecule has 0 spiro atoms. The van der Waals surface area contributed by atoms with Gasteiger partial charge in [0.05, 0.1) is 6.61 Å². The van der Waals surface area contributed by atoms with E-state index >= 15 is 0 Å². The fourth-order valence-corrected chi connectivity index (χ4v) is 2.77. The normalized spacial score (nSPS) is 15.1. The molecular formula is C19H21FN2O2. The molecule has 1 fully saturated rings. The molecule has 1 aliphatic rings. The van der Waals surface area contributed by atoms with Crippen molar-refractivity contribution in [2.45, 2.75) is 12.8 Å². The smallest absolute Gasteiger partial charge is 0.321 e. The Hall–Kier alpha value is -2.56.